The number of anilines is 1. The first-order valence-corrected chi connectivity index (χ1v) is 9.08. The van der Waals surface area contributed by atoms with Crippen LogP contribution in [0.5, 0.6) is 5.75 Å². The van der Waals surface area contributed by atoms with Crippen molar-refractivity contribution in [1.29, 1.82) is 5.26 Å². The van der Waals surface area contributed by atoms with Crippen molar-refractivity contribution in [3.8, 4) is 24.2 Å². The van der Waals surface area contributed by atoms with E-state index in [1.165, 1.54) is 6.08 Å². The predicted octanol–water partition coefficient (Wildman–Crippen LogP) is 5.08. The third-order valence-corrected chi connectivity index (χ3v) is 4.45. The van der Waals surface area contributed by atoms with Crippen molar-refractivity contribution in [2.24, 2.45) is 0 Å². The standard InChI is InChI=1S/C20H14Br2N2O2/c1-3-7-26-19-17(21)10-14(11-18(19)22)9-15(12-23)20(25)24-16-6-4-5-13(2)8-16/h1,4-6,8-11H,7H2,2H3,(H,24,25)/b15-9-. The van der Waals surface area contributed by atoms with Gasteiger partial charge in [-0.05, 0) is 80.3 Å². The zero-order chi connectivity index (χ0) is 19.1. The molecule has 0 fully saturated rings. The molecule has 6 heteroatoms. The van der Waals surface area contributed by atoms with Crippen LogP contribution in [0.15, 0.2) is 50.9 Å². The van der Waals surface area contributed by atoms with Crippen LogP contribution in [0.4, 0.5) is 5.69 Å². The molecule has 26 heavy (non-hydrogen) atoms. The number of hydrogen-bond acceptors (Lipinski definition) is 3. The summed E-state index contributed by atoms with van der Waals surface area (Å²) < 4.78 is 6.76. The molecule has 1 amide bonds. The van der Waals surface area contributed by atoms with Crippen molar-refractivity contribution in [2.75, 3.05) is 11.9 Å². The van der Waals surface area contributed by atoms with Gasteiger partial charge < -0.3 is 10.1 Å². The van der Waals surface area contributed by atoms with E-state index in [0.717, 1.165) is 5.56 Å². The SMILES string of the molecule is C#CCOc1c(Br)cc(/C=C(/C#N)C(=O)Nc2cccc(C)c2)cc1Br. The second-order valence-corrected chi connectivity index (χ2v) is 7.01. The van der Waals surface area contributed by atoms with E-state index >= 15 is 0 Å². The number of aryl methyl sites for hydroxylation is 1. The number of hydrogen-bond donors (Lipinski definition) is 1. The van der Waals surface area contributed by atoms with E-state index in [1.807, 2.05) is 31.2 Å². The summed E-state index contributed by atoms with van der Waals surface area (Å²) in [7, 11) is 0. The van der Waals surface area contributed by atoms with Gasteiger partial charge in [-0.15, -0.1) is 6.42 Å². The number of nitriles is 1. The number of terminal acetylenes is 1. The molecule has 0 aliphatic rings. The van der Waals surface area contributed by atoms with Crippen molar-refractivity contribution < 1.29 is 9.53 Å². The molecule has 0 radical (unpaired) electrons. The molecule has 2 aromatic rings. The van der Waals surface area contributed by atoms with Crippen molar-refractivity contribution >= 4 is 49.5 Å². The number of carbonyl (C=O) groups excluding carboxylic acids is 1. The molecular formula is C20H14Br2N2O2. The second-order valence-electron chi connectivity index (χ2n) is 5.30. The number of halogens is 2. The highest BCUT2D eigenvalue weighted by Crippen LogP contribution is 2.35. The molecule has 0 spiro atoms. The van der Waals surface area contributed by atoms with Crippen LogP contribution in [0, 0.1) is 30.6 Å². The molecule has 0 aliphatic carbocycles. The van der Waals surface area contributed by atoms with Gasteiger partial charge in [-0.1, -0.05) is 18.1 Å². The summed E-state index contributed by atoms with van der Waals surface area (Å²) in [5.74, 6) is 2.48. The maximum atomic E-state index is 12.4. The summed E-state index contributed by atoms with van der Waals surface area (Å²) in [6, 6.07) is 12.8. The topological polar surface area (TPSA) is 62.1 Å². The third-order valence-electron chi connectivity index (χ3n) is 3.27. The normalized spacial score (nSPS) is 10.6. The first-order chi connectivity index (χ1) is 12.4. The molecule has 130 valence electrons. The number of ether oxygens (including phenoxy) is 1. The third kappa shape index (κ3) is 5.23. The fourth-order valence-corrected chi connectivity index (χ4v) is 3.60. The summed E-state index contributed by atoms with van der Waals surface area (Å²) in [4.78, 5) is 12.4. The quantitative estimate of drug-likeness (QED) is 0.374. The number of nitrogens with one attached hydrogen (secondary N) is 1. The molecule has 0 aromatic heterocycles. The zero-order valence-corrected chi connectivity index (χ0v) is 17.0. The first kappa shape index (κ1) is 19.8. The Bertz CT molecular complexity index is 930. The Balaban J connectivity index is 2.27. The Morgan fingerprint density at radius 3 is 2.58 bits per heavy atom. The molecule has 0 atom stereocenters. The second kappa shape index (κ2) is 9.24. The summed E-state index contributed by atoms with van der Waals surface area (Å²) >= 11 is 6.80. The lowest BCUT2D eigenvalue weighted by Crippen LogP contribution is -2.13. The van der Waals surface area contributed by atoms with Gasteiger partial charge in [0.2, 0.25) is 0 Å². The van der Waals surface area contributed by atoms with Crippen molar-refractivity contribution in [3.63, 3.8) is 0 Å². The lowest BCUT2D eigenvalue weighted by Gasteiger charge is -2.09. The van der Waals surface area contributed by atoms with Crippen LogP contribution in [0.25, 0.3) is 6.08 Å². The van der Waals surface area contributed by atoms with Crippen LogP contribution in [0.1, 0.15) is 11.1 Å². The van der Waals surface area contributed by atoms with Crippen LogP contribution in [0.3, 0.4) is 0 Å². The monoisotopic (exact) mass is 472 g/mol. The van der Waals surface area contributed by atoms with Crippen LogP contribution in [-0.2, 0) is 4.79 Å². The highest BCUT2D eigenvalue weighted by molar-refractivity contribution is 9.11. The van der Waals surface area contributed by atoms with Crippen LogP contribution in [-0.4, -0.2) is 12.5 Å². The van der Waals surface area contributed by atoms with E-state index in [4.69, 9.17) is 11.2 Å². The summed E-state index contributed by atoms with van der Waals surface area (Å²) in [5.41, 5.74) is 2.30. The van der Waals surface area contributed by atoms with Crippen molar-refractivity contribution in [3.05, 3.63) is 62.0 Å². The van der Waals surface area contributed by atoms with Gasteiger partial charge in [-0.3, -0.25) is 4.79 Å². The average molecular weight is 474 g/mol. The van der Waals surface area contributed by atoms with Gasteiger partial charge in [0.05, 0.1) is 8.95 Å². The molecule has 0 saturated carbocycles. The average Bonchev–Trinajstić information content (AvgIpc) is 2.59. The Morgan fingerprint density at radius 2 is 2.00 bits per heavy atom. The smallest absolute Gasteiger partial charge is 0.266 e. The fraction of sp³-hybridized carbons (Fsp3) is 0.100. The number of benzene rings is 2. The lowest BCUT2D eigenvalue weighted by atomic mass is 10.1. The highest BCUT2D eigenvalue weighted by atomic mass is 79.9. The van der Waals surface area contributed by atoms with Gasteiger partial charge >= 0.3 is 0 Å². The number of rotatable bonds is 5. The van der Waals surface area contributed by atoms with Crippen molar-refractivity contribution in [1.82, 2.24) is 0 Å². The van der Waals surface area contributed by atoms with Crippen LogP contribution < -0.4 is 10.1 Å². The van der Waals surface area contributed by atoms with Gasteiger partial charge in [0, 0.05) is 5.69 Å². The fourth-order valence-electron chi connectivity index (χ4n) is 2.15. The molecule has 0 unspecified atom stereocenters. The first-order valence-electron chi connectivity index (χ1n) is 7.49. The zero-order valence-electron chi connectivity index (χ0n) is 13.8. The van der Waals surface area contributed by atoms with Gasteiger partial charge in [0.25, 0.3) is 5.91 Å². The summed E-state index contributed by atoms with van der Waals surface area (Å²) in [5, 5.41) is 12.1. The molecule has 0 saturated heterocycles. The minimum Gasteiger partial charge on any atom is -0.479 e. The maximum Gasteiger partial charge on any atom is 0.266 e. The van der Waals surface area contributed by atoms with Crippen LogP contribution in [0.2, 0.25) is 0 Å². The molecule has 4 nitrogen and oxygen atoms in total. The van der Waals surface area contributed by atoms with Crippen molar-refractivity contribution in [2.45, 2.75) is 6.92 Å². The molecular weight excluding hydrogens is 460 g/mol. The molecule has 2 rings (SSSR count). The molecule has 0 heterocycles. The molecule has 0 aliphatic heterocycles. The molecule has 1 N–H and O–H groups in total. The summed E-state index contributed by atoms with van der Waals surface area (Å²) in [6.07, 6.45) is 6.71. The molecule has 0 bridgehead atoms. The Hall–Kier alpha value is -2.54. The van der Waals surface area contributed by atoms with E-state index in [9.17, 15) is 10.1 Å². The van der Waals surface area contributed by atoms with Gasteiger partial charge in [0.1, 0.15) is 24.0 Å². The van der Waals surface area contributed by atoms with Gasteiger partial charge in [0.15, 0.2) is 0 Å². The Morgan fingerprint density at radius 1 is 1.31 bits per heavy atom. The Labute approximate surface area is 169 Å². The van der Waals surface area contributed by atoms with Gasteiger partial charge in [-0.25, -0.2) is 0 Å². The maximum absolute atomic E-state index is 12.4. The van der Waals surface area contributed by atoms with Crippen LogP contribution >= 0.6 is 31.9 Å². The van der Waals surface area contributed by atoms with E-state index in [1.54, 1.807) is 18.2 Å². The lowest BCUT2D eigenvalue weighted by molar-refractivity contribution is -0.112. The predicted molar refractivity (Wildman–Crippen MR) is 110 cm³/mol. The Kier molecular flexibility index (Phi) is 7.03. The van der Waals surface area contributed by atoms with Gasteiger partial charge in [-0.2, -0.15) is 5.26 Å². The largest absolute Gasteiger partial charge is 0.479 e. The van der Waals surface area contributed by atoms with E-state index in [2.05, 4.69) is 43.1 Å². The minimum absolute atomic E-state index is 0.0115. The summed E-state index contributed by atoms with van der Waals surface area (Å²) in [6.45, 7) is 2.06. The highest BCUT2D eigenvalue weighted by Gasteiger charge is 2.12. The number of amides is 1. The number of nitrogens with zero attached hydrogens (tertiary/aromatic N) is 1. The number of carbonyl (C=O) groups is 1. The van der Waals surface area contributed by atoms with E-state index in [0.29, 0.717) is 25.9 Å². The van der Waals surface area contributed by atoms with E-state index < -0.39 is 5.91 Å². The minimum atomic E-state index is -0.474. The van der Waals surface area contributed by atoms with E-state index in [-0.39, 0.29) is 12.2 Å². The molecule has 2 aromatic carbocycles.